The van der Waals surface area contributed by atoms with Crippen molar-refractivity contribution in [2.45, 2.75) is 190 Å². The highest BCUT2D eigenvalue weighted by Crippen LogP contribution is 2.51. The van der Waals surface area contributed by atoms with Crippen LogP contribution in [0.15, 0.2) is 155 Å². The number of nitrogens with one attached hydrogen (secondary N) is 6. The van der Waals surface area contributed by atoms with Gasteiger partial charge in [-0.1, -0.05) is 115 Å². The van der Waals surface area contributed by atoms with Crippen molar-refractivity contribution in [2.75, 3.05) is 97.7 Å². The fourth-order valence-electron chi connectivity index (χ4n) is 15.4. The number of allylic oxidation sites excluding steroid dienone is 12. The molecule has 0 saturated heterocycles. The lowest BCUT2D eigenvalue weighted by Gasteiger charge is -2.27. The van der Waals surface area contributed by atoms with E-state index in [-0.39, 0.29) is 70.4 Å². The molecule has 0 aliphatic carbocycles. The number of urea groups is 2. The third-order valence-electron chi connectivity index (χ3n) is 21.7. The van der Waals surface area contributed by atoms with Crippen LogP contribution in [0.5, 0.6) is 0 Å². The first kappa shape index (κ1) is 93.6. The Morgan fingerprint density at radius 2 is 0.750 bits per heavy atom. The molecule has 6 amide bonds. The lowest BCUT2D eigenvalue weighted by atomic mass is 9.81. The molecule has 116 heavy (non-hydrogen) atoms. The molecule has 4 aliphatic heterocycles. The number of fused-ring (bicyclic) bond motifs is 4. The van der Waals surface area contributed by atoms with E-state index in [0.717, 1.165) is 145 Å². The normalized spacial score (nSPS) is 16.8. The third-order valence-corrected chi connectivity index (χ3v) is 27.1. The van der Waals surface area contributed by atoms with Crippen LogP contribution in [0.1, 0.15) is 179 Å². The van der Waals surface area contributed by atoms with Crippen LogP contribution in [0.25, 0.3) is 0 Å². The van der Waals surface area contributed by atoms with Crippen molar-refractivity contribution < 1.29 is 80.2 Å². The molecule has 4 aromatic rings. The number of anilines is 2. The quantitative estimate of drug-likeness (QED) is 0.00850. The first-order chi connectivity index (χ1) is 54.6. The van der Waals surface area contributed by atoms with E-state index in [9.17, 15) is 71.1 Å². The molecule has 4 aromatic carbocycles. The summed E-state index contributed by atoms with van der Waals surface area (Å²) < 4.78 is 137. The van der Waals surface area contributed by atoms with E-state index >= 15 is 0 Å². The number of carbonyl (C=O) groups excluding carboxylic acids is 4. The van der Waals surface area contributed by atoms with Gasteiger partial charge in [-0.3, -0.25) is 27.8 Å². The largest absolute Gasteiger partial charge is 0.351 e. The number of carbonyl (C=O) groups is 4. The number of benzene rings is 4. The molecule has 0 spiro atoms. The minimum absolute atomic E-state index is 0.0225. The second-order valence-corrected chi connectivity index (χ2v) is 40.0. The first-order valence-electron chi connectivity index (χ1n) is 39.6. The molecule has 0 saturated carbocycles. The van der Waals surface area contributed by atoms with Crippen LogP contribution in [0, 0.1) is 0 Å². The van der Waals surface area contributed by atoms with Crippen molar-refractivity contribution in [1.29, 1.82) is 0 Å². The highest BCUT2D eigenvalue weighted by molar-refractivity contribution is 8.00. The third kappa shape index (κ3) is 26.3. The van der Waals surface area contributed by atoms with E-state index in [1.807, 2.05) is 112 Å². The molecule has 0 unspecified atom stereocenters. The average Bonchev–Trinajstić information content (AvgIpc) is 1.61. The number of amides is 6. The summed E-state index contributed by atoms with van der Waals surface area (Å²) in [7, 11) is -13.3. The molecule has 634 valence electrons. The molecule has 8 rings (SSSR count). The molecule has 0 radical (unpaired) electrons. The Labute approximate surface area is 695 Å². The van der Waals surface area contributed by atoms with Gasteiger partial charge in [0.2, 0.25) is 23.2 Å². The van der Waals surface area contributed by atoms with Gasteiger partial charge in [-0.15, -0.1) is 0 Å². The molecule has 0 aromatic heterocycles. The second-order valence-electron chi connectivity index (χ2n) is 31.8. The topological polar surface area (TPSA) is 370 Å². The molecule has 4 heterocycles. The van der Waals surface area contributed by atoms with Crippen molar-refractivity contribution in [2.24, 2.45) is 0 Å². The molecule has 0 bridgehead atoms. The van der Waals surface area contributed by atoms with Crippen LogP contribution in [0.3, 0.4) is 0 Å². The minimum atomic E-state index is -4.47. The predicted octanol–water partition coefficient (Wildman–Crippen LogP) is 13.0. The van der Waals surface area contributed by atoms with Gasteiger partial charge < -0.3 is 41.7 Å². The zero-order valence-electron chi connectivity index (χ0n) is 68.4. The number of nitrogens with zero attached hydrogens (tertiary/aromatic N) is 4. The molecule has 0 fully saturated rings. The Kier molecular flexibility index (Phi) is 33.6. The maximum absolute atomic E-state index is 12.9. The molecule has 0 atom stereocenters. The van der Waals surface area contributed by atoms with Crippen LogP contribution < -0.4 is 41.7 Å². The highest BCUT2D eigenvalue weighted by Gasteiger charge is 2.46. The monoisotopic (exact) mass is 1710 g/mol. The summed E-state index contributed by atoms with van der Waals surface area (Å²) in [5.74, 6) is 1.55. The molecule has 32 heteroatoms. The van der Waals surface area contributed by atoms with E-state index in [4.69, 9.17) is 0 Å². The predicted molar refractivity (Wildman–Crippen MR) is 465 cm³/mol. The Balaban J connectivity index is 0.594. The lowest BCUT2D eigenvalue weighted by molar-refractivity contribution is -0.401. The highest BCUT2D eigenvalue weighted by atomic mass is 32.2. The Morgan fingerprint density at radius 1 is 0.405 bits per heavy atom. The van der Waals surface area contributed by atoms with Gasteiger partial charge in [0.1, 0.15) is 14.1 Å². The molecular formula is C84H118N10O16S6+2. The van der Waals surface area contributed by atoms with Gasteiger partial charge in [0, 0.05) is 121 Å². The van der Waals surface area contributed by atoms with Gasteiger partial charge in [-0.2, -0.15) is 66.3 Å². The fraction of sp³-hybridized carbons (Fsp3) is 0.500. The second kappa shape index (κ2) is 41.7. The van der Waals surface area contributed by atoms with Gasteiger partial charge in [0.05, 0.1) is 43.6 Å². The summed E-state index contributed by atoms with van der Waals surface area (Å²) in [5, 5.41) is 17.9. The van der Waals surface area contributed by atoms with Gasteiger partial charge >= 0.3 is 12.1 Å². The summed E-state index contributed by atoms with van der Waals surface area (Å²) in [4.78, 5) is 53.8. The fourth-order valence-corrected chi connectivity index (χ4v) is 19.0. The van der Waals surface area contributed by atoms with Gasteiger partial charge in [0.25, 0.3) is 40.5 Å². The molecule has 4 aliphatic rings. The first-order valence-corrected chi connectivity index (χ1v) is 48.1. The van der Waals surface area contributed by atoms with E-state index in [1.165, 1.54) is 24.3 Å². The summed E-state index contributed by atoms with van der Waals surface area (Å²) in [6.07, 6.45) is 30.8. The number of thioether (sulfide) groups is 2. The van der Waals surface area contributed by atoms with Crippen molar-refractivity contribution in [1.82, 2.24) is 31.9 Å². The van der Waals surface area contributed by atoms with Crippen LogP contribution in [-0.4, -0.2) is 184 Å². The van der Waals surface area contributed by atoms with E-state index < -0.39 is 62.8 Å². The standard InChI is InChI=1S/C84H116N10O16S6/c1-81(2)65-53-61(35-39-69(65)91(9)73(81)31-19-17-21-33-75-83(5,6)67-55-63(115(105,106)107)37-41-71(67)93(75)47-29-51-113(99,100)101)57-89-77(95)59-111-49-27-15-13-25-45-87-79(97)85-43-23-11-12-24-44-86-80(98)88-46-26-14-16-28-50-112-60-78(96)90-58-62-36-40-70-66(54-62)82(3,4)74(92(70)10)32-20-18-22-34-76-84(7,8)68-56-64(116(108,109)110)38-42-72(68)94(76)48-30-52-114(102,103)104/h17-22,31-42,53-56H,11-16,23-30,43-52,57-60H2,1-10H3,(H8-2,85,86,87,88,89,90,95,96,97,98,99,100,101,102,103,104,105,106,107,108,109,110)/p+2. The van der Waals surface area contributed by atoms with E-state index in [2.05, 4.69) is 105 Å². The van der Waals surface area contributed by atoms with Crippen molar-refractivity contribution >= 4 is 122 Å². The van der Waals surface area contributed by atoms with Crippen LogP contribution in [0.4, 0.5) is 32.3 Å². The van der Waals surface area contributed by atoms with Gasteiger partial charge in [0.15, 0.2) is 11.4 Å². The molecule has 10 N–H and O–H groups in total. The summed E-state index contributed by atoms with van der Waals surface area (Å²) in [6.45, 7) is 20.0. The molecule has 26 nitrogen and oxygen atoms in total. The number of rotatable bonds is 45. The maximum Gasteiger partial charge on any atom is 0.314 e. The Bertz CT molecular complexity index is 4660. The number of hydrogen-bond donors (Lipinski definition) is 10. The summed E-state index contributed by atoms with van der Waals surface area (Å²) >= 11 is 3.23. The lowest BCUT2D eigenvalue weighted by Crippen LogP contribution is -2.36. The minimum Gasteiger partial charge on any atom is -0.351 e. The maximum atomic E-state index is 12.9. The van der Waals surface area contributed by atoms with Crippen LogP contribution in [0.2, 0.25) is 0 Å². The van der Waals surface area contributed by atoms with Crippen LogP contribution >= 0.6 is 23.5 Å². The van der Waals surface area contributed by atoms with Crippen LogP contribution in [-0.2, 0) is 84.8 Å². The molecular weight excluding hydrogens is 1600 g/mol. The smallest absolute Gasteiger partial charge is 0.314 e. The SMILES string of the molecule is C[N+]1=C(/C=C/C=C/C=C2/N(CCCS(=O)(=O)O)c3ccc(S(=O)(=O)O)cc3C2(C)C)C(C)(C)c2cc(CNC(=O)CSCCCCCCNC(=O)NCCCCCCNC(=O)NCCCCCCSCC(=O)NCc3ccc4c(c3)C(C)(C)C(/C=C/C=C/C=C3/N(CCCS(=O)(=O)O)c5ccc(S(=O)(=O)O)cc5C3(C)C)=[N+]4C)ccc21. The van der Waals surface area contributed by atoms with Gasteiger partial charge in [-0.25, -0.2) is 9.59 Å². The number of unbranched alkanes of at least 4 members (excludes halogenated alkanes) is 9. The van der Waals surface area contributed by atoms with Crippen molar-refractivity contribution in [3.63, 3.8) is 0 Å². The van der Waals surface area contributed by atoms with E-state index in [1.54, 1.807) is 35.7 Å². The summed E-state index contributed by atoms with van der Waals surface area (Å²) in [5.41, 5.74) is 10.7. The zero-order chi connectivity index (χ0) is 84.9. The zero-order valence-corrected chi connectivity index (χ0v) is 73.3. The Morgan fingerprint density at radius 3 is 1.09 bits per heavy atom. The van der Waals surface area contributed by atoms with Gasteiger partial charge in [-0.05, 0) is 174 Å². The Hall–Kier alpha value is -7.92. The average molecular weight is 1720 g/mol. The number of hydrogen-bond acceptors (Lipinski definition) is 16. The summed E-state index contributed by atoms with van der Waals surface area (Å²) in [6, 6.07) is 20.9. The van der Waals surface area contributed by atoms with Crippen molar-refractivity contribution in [3.8, 4) is 0 Å². The van der Waals surface area contributed by atoms with Crippen molar-refractivity contribution in [3.05, 3.63) is 178 Å². The van der Waals surface area contributed by atoms with E-state index in [0.29, 0.717) is 73.3 Å².